The zero-order chi connectivity index (χ0) is 29.4. The molecule has 17 heteroatoms. The molecule has 0 amide bonds. The molecule has 1 radical (unpaired) electrons. The number of hydrogen-bond donors (Lipinski definition) is 12. The van der Waals surface area contributed by atoms with Crippen LogP contribution in [0, 0.1) is 6.92 Å². The van der Waals surface area contributed by atoms with Gasteiger partial charge in [0.15, 0.2) is 18.9 Å². The van der Waals surface area contributed by atoms with Crippen LogP contribution in [0.4, 0.5) is 0 Å². The number of aliphatic hydroxyl groups is 12. The van der Waals surface area contributed by atoms with Gasteiger partial charge in [-0.25, -0.2) is 0 Å². The van der Waals surface area contributed by atoms with Crippen LogP contribution in [0.2, 0.25) is 0 Å². The average Bonchev–Trinajstić information content (AvgIpc) is 2.93. The lowest BCUT2D eigenvalue weighted by atomic mass is 9.96. The van der Waals surface area contributed by atoms with E-state index in [0.29, 0.717) is 0 Å². The SMILES string of the molecule is OC[C@H]1O[C@@H](O[C@H]2[C@H](O)[C@@H](O)[C@H](O[C@H]3[C@H](O)[C@@H](O)C(O)O[C@@H]3CO)O[C@@H]2CO)[C@H](O)[C@@H](O)[C@@H]1O.[CH2]CCCO. The molecule has 3 heterocycles. The number of hydrogen-bond acceptors (Lipinski definition) is 17. The maximum Gasteiger partial charge on any atom is 0.187 e. The zero-order valence-electron chi connectivity index (χ0n) is 21.0. The molecular formula is C22H41O17. The van der Waals surface area contributed by atoms with Crippen molar-refractivity contribution in [1.82, 2.24) is 0 Å². The summed E-state index contributed by atoms with van der Waals surface area (Å²) >= 11 is 0. The standard InChI is InChI=1S/C18H32O16.C4H9O/c19-1-4-7(22)8(23)12(27)17(31-4)34-15-6(3-21)32-18(13(28)10(15)25)33-14-5(2-20)30-16(29)11(26)9(14)24;1-2-3-4-5/h4-29H,1-3H2;5H,1-4H2/t4-,5-,6-,7-,8+,9-,10-,11-,12-,13-,14-,15-,16?,17+,18+;/m1./s1. The van der Waals surface area contributed by atoms with E-state index in [1.165, 1.54) is 0 Å². The topological polar surface area (TPSA) is 289 Å². The van der Waals surface area contributed by atoms with Crippen LogP contribution in [0.15, 0.2) is 0 Å². The Morgan fingerprint density at radius 1 is 0.513 bits per heavy atom. The Kier molecular flexibility index (Phi) is 14.2. The van der Waals surface area contributed by atoms with E-state index in [9.17, 15) is 56.2 Å². The predicted octanol–water partition coefficient (Wildman–Crippen LogP) is -6.98. The van der Waals surface area contributed by atoms with Gasteiger partial charge < -0.3 is 85.0 Å². The van der Waals surface area contributed by atoms with E-state index in [-0.39, 0.29) is 6.61 Å². The highest BCUT2D eigenvalue weighted by atomic mass is 16.8. The molecule has 17 nitrogen and oxygen atoms in total. The van der Waals surface area contributed by atoms with Crippen molar-refractivity contribution in [3.63, 3.8) is 0 Å². The van der Waals surface area contributed by atoms with Gasteiger partial charge in [0.1, 0.15) is 73.2 Å². The minimum atomic E-state index is -1.91. The molecule has 0 aromatic carbocycles. The summed E-state index contributed by atoms with van der Waals surface area (Å²) < 4.78 is 26.4. The van der Waals surface area contributed by atoms with Gasteiger partial charge in [-0.2, -0.15) is 0 Å². The lowest BCUT2D eigenvalue weighted by molar-refractivity contribution is -0.377. The smallest absolute Gasteiger partial charge is 0.187 e. The lowest BCUT2D eigenvalue weighted by Crippen LogP contribution is -2.66. The fraction of sp³-hybridized carbons (Fsp3) is 0.955. The molecule has 3 rings (SSSR count). The molecule has 0 bridgehead atoms. The Balaban J connectivity index is 0.000000976. The number of unbranched alkanes of at least 4 members (excludes halogenated alkanes) is 1. The first-order chi connectivity index (χ1) is 18.5. The summed E-state index contributed by atoms with van der Waals surface area (Å²) in [7, 11) is 0. The first-order valence-electron chi connectivity index (χ1n) is 12.4. The van der Waals surface area contributed by atoms with E-state index >= 15 is 0 Å². The molecular weight excluding hydrogens is 536 g/mol. The van der Waals surface area contributed by atoms with Crippen molar-refractivity contribution in [2.24, 2.45) is 0 Å². The minimum absolute atomic E-state index is 0.281. The molecule has 3 fully saturated rings. The molecule has 231 valence electrons. The molecule has 0 spiro atoms. The maximum absolute atomic E-state index is 10.6. The lowest BCUT2D eigenvalue weighted by Gasteiger charge is -2.47. The van der Waals surface area contributed by atoms with Crippen molar-refractivity contribution >= 4 is 0 Å². The molecule has 0 aliphatic carbocycles. The van der Waals surface area contributed by atoms with Crippen LogP contribution in [0.3, 0.4) is 0 Å². The predicted molar refractivity (Wildman–Crippen MR) is 123 cm³/mol. The van der Waals surface area contributed by atoms with Crippen molar-refractivity contribution in [1.29, 1.82) is 0 Å². The van der Waals surface area contributed by atoms with Crippen molar-refractivity contribution in [3.05, 3.63) is 6.92 Å². The van der Waals surface area contributed by atoms with Gasteiger partial charge in [0, 0.05) is 6.61 Å². The summed E-state index contributed by atoms with van der Waals surface area (Å²) in [6, 6.07) is 0. The highest BCUT2D eigenvalue weighted by Gasteiger charge is 2.53. The molecule has 3 aliphatic rings. The summed E-state index contributed by atoms with van der Waals surface area (Å²) in [6.07, 6.45) is -23.5. The van der Waals surface area contributed by atoms with Crippen molar-refractivity contribution < 1.29 is 85.0 Å². The molecule has 15 atom stereocenters. The van der Waals surface area contributed by atoms with Crippen LogP contribution in [-0.2, 0) is 23.7 Å². The second-order valence-electron chi connectivity index (χ2n) is 9.26. The van der Waals surface area contributed by atoms with Gasteiger partial charge >= 0.3 is 0 Å². The van der Waals surface area contributed by atoms with E-state index in [4.69, 9.17) is 28.8 Å². The van der Waals surface area contributed by atoms with Gasteiger partial charge in [-0.15, -0.1) is 0 Å². The average molecular weight is 578 g/mol. The summed E-state index contributed by atoms with van der Waals surface area (Å²) in [6.45, 7) is 1.48. The Labute approximate surface area is 223 Å². The molecule has 0 saturated carbocycles. The highest BCUT2D eigenvalue weighted by molar-refractivity contribution is 4.96. The van der Waals surface area contributed by atoms with Crippen molar-refractivity contribution in [3.8, 4) is 0 Å². The molecule has 3 aliphatic heterocycles. The minimum Gasteiger partial charge on any atom is -0.396 e. The molecule has 0 aromatic heterocycles. The van der Waals surface area contributed by atoms with Crippen LogP contribution in [0.1, 0.15) is 12.8 Å². The molecule has 1 unspecified atom stereocenters. The third-order valence-corrected chi connectivity index (χ3v) is 6.50. The Bertz CT molecular complexity index is 681. The Morgan fingerprint density at radius 2 is 0.949 bits per heavy atom. The summed E-state index contributed by atoms with van der Waals surface area (Å²) in [5, 5.41) is 117. The van der Waals surface area contributed by atoms with Gasteiger partial charge in [-0.05, 0) is 6.42 Å². The van der Waals surface area contributed by atoms with E-state index in [1.807, 2.05) is 0 Å². The third-order valence-electron chi connectivity index (χ3n) is 6.50. The van der Waals surface area contributed by atoms with Gasteiger partial charge in [0.2, 0.25) is 0 Å². The zero-order valence-corrected chi connectivity index (χ0v) is 21.0. The molecule has 39 heavy (non-hydrogen) atoms. The first kappa shape index (κ1) is 34.5. The second kappa shape index (κ2) is 16.1. The van der Waals surface area contributed by atoms with E-state index < -0.39 is 112 Å². The van der Waals surface area contributed by atoms with Crippen molar-refractivity contribution in [2.45, 2.75) is 105 Å². The number of rotatable bonds is 9. The fourth-order valence-corrected chi connectivity index (χ4v) is 4.17. The van der Waals surface area contributed by atoms with Gasteiger partial charge in [-0.1, -0.05) is 13.3 Å². The second-order valence-corrected chi connectivity index (χ2v) is 9.26. The van der Waals surface area contributed by atoms with E-state index in [0.717, 1.165) is 12.8 Å². The fourth-order valence-electron chi connectivity index (χ4n) is 4.17. The van der Waals surface area contributed by atoms with Crippen LogP contribution in [0.25, 0.3) is 0 Å². The highest BCUT2D eigenvalue weighted by Crippen LogP contribution is 2.32. The summed E-state index contributed by atoms with van der Waals surface area (Å²) in [4.78, 5) is 0. The van der Waals surface area contributed by atoms with Gasteiger partial charge in [0.05, 0.1) is 19.8 Å². The van der Waals surface area contributed by atoms with Gasteiger partial charge in [0.25, 0.3) is 0 Å². The summed E-state index contributed by atoms with van der Waals surface area (Å²) in [5.74, 6) is 0. The first-order valence-corrected chi connectivity index (χ1v) is 12.4. The Hall–Kier alpha value is -0.680. The number of aliphatic hydroxyl groups excluding tert-OH is 12. The van der Waals surface area contributed by atoms with Crippen LogP contribution >= 0.6 is 0 Å². The van der Waals surface area contributed by atoms with E-state index in [2.05, 4.69) is 6.92 Å². The maximum atomic E-state index is 10.6. The van der Waals surface area contributed by atoms with Crippen LogP contribution in [0.5, 0.6) is 0 Å². The monoisotopic (exact) mass is 577 g/mol. The number of ether oxygens (including phenoxy) is 5. The molecule has 3 saturated heterocycles. The Morgan fingerprint density at radius 3 is 1.38 bits per heavy atom. The van der Waals surface area contributed by atoms with Crippen molar-refractivity contribution in [2.75, 3.05) is 26.4 Å². The summed E-state index contributed by atoms with van der Waals surface area (Å²) in [5.41, 5.74) is 0. The van der Waals surface area contributed by atoms with Gasteiger partial charge in [-0.3, -0.25) is 0 Å². The van der Waals surface area contributed by atoms with E-state index in [1.54, 1.807) is 0 Å². The van der Waals surface area contributed by atoms with Crippen LogP contribution in [-0.4, -0.2) is 180 Å². The molecule has 0 aromatic rings. The molecule has 12 N–H and O–H groups in total. The quantitative estimate of drug-likeness (QED) is 0.121. The van der Waals surface area contributed by atoms with Crippen LogP contribution < -0.4 is 0 Å². The third kappa shape index (κ3) is 8.21. The largest absolute Gasteiger partial charge is 0.396 e. The normalized spacial score (nSPS) is 46.8.